The van der Waals surface area contributed by atoms with E-state index in [1.807, 2.05) is 30.3 Å². The highest BCUT2D eigenvalue weighted by Crippen LogP contribution is 2.27. The van der Waals surface area contributed by atoms with E-state index in [9.17, 15) is 10.1 Å². The molecule has 0 heterocycles. The van der Waals surface area contributed by atoms with Crippen LogP contribution in [-0.2, 0) is 11.4 Å². The number of amides is 1. The molecule has 0 aliphatic heterocycles. The van der Waals surface area contributed by atoms with Crippen LogP contribution >= 0.6 is 31.9 Å². The van der Waals surface area contributed by atoms with Gasteiger partial charge in [0.05, 0.1) is 4.47 Å². The summed E-state index contributed by atoms with van der Waals surface area (Å²) >= 11 is 6.84. The Bertz CT molecular complexity index is 1200. The van der Waals surface area contributed by atoms with E-state index >= 15 is 0 Å². The lowest BCUT2D eigenvalue weighted by Crippen LogP contribution is -2.13. The number of rotatable bonds is 9. The first-order chi connectivity index (χ1) is 16.0. The highest BCUT2D eigenvalue weighted by atomic mass is 79.9. The van der Waals surface area contributed by atoms with E-state index in [0.29, 0.717) is 36.0 Å². The Morgan fingerprint density at radius 3 is 2.39 bits per heavy atom. The fraction of sp³-hybridized carbons (Fsp3) is 0.0769. The van der Waals surface area contributed by atoms with Crippen LogP contribution in [-0.4, -0.2) is 12.5 Å². The van der Waals surface area contributed by atoms with Gasteiger partial charge in [0.2, 0.25) is 0 Å². The van der Waals surface area contributed by atoms with Gasteiger partial charge in [-0.3, -0.25) is 4.79 Å². The molecule has 0 saturated heterocycles. The van der Waals surface area contributed by atoms with Gasteiger partial charge >= 0.3 is 0 Å². The van der Waals surface area contributed by atoms with Crippen molar-refractivity contribution in [2.75, 3.05) is 11.9 Å². The molecule has 0 unspecified atom stereocenters. The lowest BCUT2D eigenvalue weighted by Gasteiger charge is -2.09. The first-order valence-corrected chi connectivity index (χ1v) is 11.5. The lowest BCUT2D eigenvalue weighted by atomic mass is 10.1. The van der Waals surface area contributed by atoms with Gasteiger partial charge < -0.3 is 14.8 Å². The monoisotopic (exact) mass is 566 g/mol. The number of nitrogens with one attached hydrogen (secondary N) is 1. The summed E-state index contributed by atoms with van der Waals surface area (Å²) in [6, 6.07) is 22.1. The van der Waals surface area contributed by atoms with E-state index in [1.54, 1.807) is 48.5 Å². The highest BCUT2D eigenvalue weighted by Gasteiger charge is 2.11. The number of halogens is 2. The molecule has 3 aromatic rings. The molecule has 1 N–H and O–H groups in total. The number of hydrogen-bond acceptors (Lipinski definition) is 4. The third-order valence-corrected chi connectivity index (χ3v) is 5.57. The summed E-state index contributed by atoms with van der Waals surface area (Å²) in [7, 11) is 0. The van der Waals surface area contributed by atoms with Gasteiger partial charge in [-0.05, 0) is 81.7 Å². The number of nitrogens with zero attached hydrogens (tertiary/aromatic N) is 1. The molecule has 166 valence electrons. The first kappa shape index (κ1) is 24.3. The summed E-state index contributed by atoms with van der Waals surface area (Å²) in [5.41, 5.74) is 2.28. The van der Waals surface area contributed by atoms with Gasteiger partial charge in [0.25, 0.3) is 5.91 Å². The molecular weight excluding hydrogens is 548 g/mol. The molecule has 0 aliphatic rings. The Balaban J connectivity index is 1.61. The largest absolute Gasteiger partial charge is 0.489 e. The van der Waals surface area contributed by atoms with Crippen molar-refractivity contribution in [2.24, 2.45) is 0 Å². The minimum atomic E-state index is -0.496. The van der Waals surface area contributed by atoms with Crippen molar-refractivity contribution in [1.82, 2.24) is 0 Å². The van der Waals surface area contributed by atoms with Gasteiger partial charge in [-0.2, -0.15) is 5.26 Å². The van der Waals surface area contributed by atoms with E-state index in [2.05, 4.69) is 43.8 Å². The van der Waals surface area contributed by atoms with Gasteiger partial charge in [-0.15, -0.1) is 0 Å². The molecule has 3 rings (SSSR count). The molecule has 0 radical (unpaired) electrons. The Hall–Kier alpha value is -3.34. The van der Waals surface area contributed by atoms with E-state index < -0.39 is 5.91 Å². The minimum absolute atomic E-state index is 0.0165. The topological polar surface area (TPSA) is 71.3 Å². The zero-order valence-electron chi connectivity index (χ0n) is 17.6. The van der Waals surface area contributed by atoms with Crippen LogP contribution in [0, 0.1) is 11.3 Å². The van der Waals surface area contributed by atoms with Crippen molar-refractivity contribution in [2.45, 2.75) is 6.61 Å². The number of benzene rings is 3. The van der Waals surface area contributed by atoms with Crippen molar-refractivity contribution >= 4 is 49.5 Å². The maximum atomic E-state index is 12.6. The average Bonchev–Trinajstić information content (AvgIpc) is 2.82. The van der Waals surface area contributed by atoms with Gasteiger partial charge in [0, 0.05) is 10.2 Å². The number of hydrogen-bond donors (Lipinski definition) is 1. The molecule has 3 aromatic carbocycles. The molecule has 0 bridgehead atoms. The molecule has 33 heavy (non-hydrogen) atoms. The second kappa shape index (κ2) is 12.0. The van der Waals surface area contributed by atoms with Crippen LogP contribution in [0.1, 0.15) is 11.1 Å². The zero-order valence-corrected chi connectivity index (χ0v) is 20.7. The third kappa shape index (κ3) is 7.35. The molecule has 1 amide bonds. The Labute approximate surface area is 209 Å². The van der Waals surface area contributed by atoms with Gasteiger partial charge in [-0.25, -0.2) is 0 Å². The number of carbonyl (C=O) groups excluding carboxylic acids is 1. The molecule has 0 aromatic heterocycles. The van der Waals surface area contributed by atoms with Crippen LogP contribution < -0.4 is 14.8 Å². The lowest BCUT2D eigenvalue weighted by molar-refractivity contribution is -0.112. The Morgan fingerprint density at radius 2 is 1.76 bits per heavy atom. The van der Waals surface area contributed by atoms with E-state index in [4.69, 9.17) is 9.47 Å². The molecule has 0 atom stereocenters. The molecule has 0 aliphatic carbocycles. The molecule has 0 saturated carbocycles. The Kier molecular flexibility index (Phi) is 8.87. The average molecular weight is 568 g/mol. The van der Waals surface area contributed by atoms with Crippen molar-refractivity contribution in [3.05, 3.63) is 105 Å². The van der Waals surface area contributed by atoms with Crippen LogP contribution in [0.2, 0.25) is 0 Å². The maximum Gasteiger partial charge on any atom is 0.266 e. The van der Waals surface area contributed by atoms with E-state index in [-0.39, 0.29) is 5.57 Å². The van der Waals surface area contributed by atoms with Crippen LogP contribution in [0.5, 0.6) is 11.5 Å². The molecule has 0 spiro atoms. The third-order valence-electron chi connectivity index (χ3n) is 4.42. The number of ether oxygens (including phenoxy) is 2. The highest BCUT2D eigenvalue weighted by molar-refractivity contribution is 9.10. The van der Waals surface area contributed by atoms with Crippen molar-refractivity contribution in [3.8, 4) is 17.6 Å². The van der Waals surface area contributed by atoms with E-state index in [0.717, 1.165) is 14.5 Å². The summed E-state index contributed by atoms with van der Waals surface area (Å²) in [5.74, 6) is 0.831. The quantitative estimate of drug-likeness (QED) is 0.173. The zero-order chi connectivity index (χ0) is 23.6. The Morgan fingerprint density at radius 1 is 1.03 bits per heavy atom. The van der Waals surface area contributed by atoms with Crippen molar-refractivity contribution in [1.29, 1.82) is 5.26 Å². The maximum absolute atomic E-state index is 12.6. The normalized spacial score (nSPS) is 10.8. The molecular formula is C26H20Br2N2O3. The molecule has 0 fully saturated rings. The van der Waals surface area contributed by atoms with Gasteiger partial charge in [0.1, 0.15) is 36.4 Å². The smallest absolute Gasteiger partial charge is 0.266 e. The summed E-state index contributed by atoms with van der Waals surface area (Å²) in [4.78, 5) is 12.6. The second-order valence-electron chi connectivity index (χ2n) is 6.85. The van der Waals surface area contributed by atoms with Crippen LogP contribution in [0.25, 0.3) is 6.08 Å². The fourth-order valence-corrected chi connectivity index (χ4v) is 3.54. The summed E-state index contributed by atoms with van der Waals surface area (Å²) in [6.45, 7) is 4.44. The predicted octanol–water partition coefficient (Wildman–Crippen LogP) is 6.90. The van der Waals surface area contributed by atoms with E-state index in [1.165, 1.54) is 6.08 Å². The van der Waals surface area contributed by atoms with Crippen LogP contribution in [0.3, 0.4) is 0 Å². The molecule has 5 nitrogen and oxygen atoms in total. The molecule has 7 heteroatoms. The van der Waals surface area contributed by atoms with Crippen molar-refractivity contribution in [3.63, 3.8) is 0 Å². The van der Waals surface area contributed by atoms with Gasteiger partial charge in [0.15, 0.2) is 0 Å². The first-order valence-electron chi connectivity index (χ1n) is 9.92. The van der Waals surface area contributed by atoms with Gasteiger partial charge in [-0.1, -0.05) is 46.8 Å². The second-order valence-corrected chi connectivity index (χ2v) is 8.62. The minimum Gasteiger partial charge on any atom is -0.489 e. The van der Waals surface area contributed by atoms with Crippen molar-refractivity contribution < 1.29 is 14.3 Å². The number of nitriles is 1. The van der Waals surface area contributed by atoms with Crippen LogP contribution in [0.15, 0.2) is 93.9 Å². The SMILES string of the molecule is C=CCOc1ccc(/C=C(\C#N)C(=O)Nc2ccc(OCc3ccc(Br)cc3)cc2)cc1Br. The fourth-order valence-electron chi connectivity index (χ4n) is 2.77. The number of carbonyl (C=O) groups is 1. The summed E-state index contributed by atoms with van der Waals surface area (Å²) < 4.78 is 13.0. The van der Waals surface area contributed by atoms with Crippen LogP contribution in [0.4, 0.5) is 5.69 Å². The summed E-state index contributed by atoms with van der Waals surface area (Å²) in [6.07, 6.45) is 3.17. The number of anilines is 1. The standard InChI is InChI=1S/C26H20Br2N2O3/c1-2-13-32-25-12-5-19(15-24(25)28)14-20(16-29)26(31)30-22-8-10-23(11-9-22)33-17-18-3-6-21(27)7-4-18/h2-12,14-15H,1,13,17H2,(H,30,31)/b20-14+. The predicted molar refractivity (Wildman–Crippen MR) is 137 cm³/mol. The summed E-state index contributed by atoms with van der Waals surface area (Å²) in [5, 5.41) is 12.2.